The van der Waals surface area contributed by atoms with Gasteiger partial charge in [-0.05, 0) is 13.8 Å². The molecule has 0 unspecified atom stereocenters. The average molecular weight is 220 g/mol. The van der Waals surface area contributed by atoms with Gasteiger partial charge in [-0.25, -0.2) is 9.48 Å². The number of nitrogens with zero attached hydrogens (tertiary/aromatic N) is 4. The smallest absolute Gasteiger partial charge is 0.356 e. The molecule has 2 aromatic rings. The summed E-state index contributed by atoms with van der Waals surface area (Å²) in [6.45, 7) is 4.46. The largest absolute Gasteiger partial charge is 0.476 e. The Morgan fingerprint density at radius 1 is 1.50 bits per heavy atom. The van der Waals surface area contributed by atoms with Gasteiger partial charge in [-0.1, -0.05) is 0 Å². The number of carboxylic acids is 1. The number of aromatic nitrogens is 4. The number of aryl methyl sites for hydroxylation is 2. The Kier molecular flexibility index (Phi) is 2.47. The standard InChI is InChI=1S/C10H12N4O2/c1-3-13-5-4-8(11-13)14-6-7(2)9(12-14)10(15)16/h4-6H,3H2,1-2H3,(H,15,16). The summed E-state index contributed by atoms with van der Waals surface area (Å²) in [6, 6.07) is 1.79. The highest BCUT2D eigenvalue weighted by atomic mass is 16.4. The molecular formula is C10H12N4O2. The van der Waals surface area contributed by atoms with Crippen molar-refractivity contribution in [1.82, 2.24) is 19.6 Å². The minimum Gasteiger partial charge on any atom is -0.476 e. The van der Waals surface area contributed by atoms with Gasteiger partial charge < -0.3 is 5.11 Å². The Morgan fingerprint density at radius 2 is 2.25 bits per heavy atom. The molecule has 2 heterocycles. The van der Waals surface area contributed by atoms with Crippen LogP contribution in [0.5, 0.6) is 0 Å². The molecule has 0 fully saturated rings. The molecule has 0 atom stereocenters. The maximum Gasteiger partial charge on any atom is 0.356 e. The van der Waals surface area contributed by atoms with Gasteiger partial charge in [-0.2, -0.15) is 10.2 Å². The van der Waals surface area contributed by atoms with Gasteiger partial charge in [-0.3, -0.25) is 4.68 Å². The molecule has 84 valence electrons. The van der Waals surface area contributed by atoms with Crippen LogP contribution in [0.2, 0.25) is 0 Å². The third-order valence-corrected chi connectivity index (χ3v) is 2.29. The summed E-state index contributed by atoms with van der Waals surface area (Å²) in [5, 5.41) is 17.1. The van der Waals surface area contributed by atoms with Gasteiger partial charge in [0.2, 0.25) is 0 Å². The van der Waals surface area contributed by atoms with E-state index in [9.17, 15) is 4.79 Å². The van der Waals surface area contributed by atoms with Crippen LogP contribution in [0, 0.1) is 6.92 Å². The maximum atomic E-state index is 10.8. The minimum absolute atomic E-state index is 0.0612. The summed E-state index contributed by atoms with van der Waals surface area (Å²) >= 11 is 0. The number of aromatic carboxylic acids is 1. The van der Waals surface area contributed by atoms with Gasteiger partial charge in [0.1, 0.15) is 0 Å². The number of hydrogen-bond donors (Lipinski definition) is 1. The van der Waals surface area contributed by atoms with E-state index in [1.54, 1.807) is 23.9 Å². The lowest BCUT2D eigenvalue weighted by Gasteiger charge is -1.95. The van der Waals surface area contributed by atoms with Crippen molar-refractivity contribution in [2.45, 2.75) is 20.4 Å². The highest BCUT2D eigenvalue weighted by molar-refractivity contribution is 5.86. The van der Waals surface area contributed by atoms with E-state index in [1.165, 1.54) is 4.68 Å². The Labute approximate surface area is 92.1 Å². The molecule has 6 nitrogen and oxygen atoms in total. The summed E-state index contributed by atoms with van der Waals surface area (Å²) in [6.07, 6.45) is 3.48. The van der Waals surface area contributed by atoms with Crippen LogP contribution in [0.25, 0.3) is 5.82 Å². The van der Waals surface area contributed by atoms with Gasteiger partial charge in [0.25, 0.3) is 0 Å². The van der Waals surface area contributed by atoms with Crippen LogP contribution in [0.1, 0.15) is 23.0 Å². The molecule has 0 spiro atoms. The third kappa shape index (κ3) is 1.69. The summed E-state index contributed by atoms with van der Waals surface area (Å²) in [4.78, 5) is 10.8. The molecule has 0 amide bonds. The number of carbonyl (C=O) groups is 1. The Hall–Kier alpha value is -2.11. The van der Waals surface area contributed by atoms with Gasteiger partial charge in [0.05, 0.1) is 0 Å². The highest BCUT2D eigenvalue weighted by Gasteiger charge is 2.13. The molecule has 2 aromatic heterocycles. The summed E-state index contributed by atoms with van der Waals surface area (Å²) in [5.74, 6) is -0.399. The molecule has 0 radical (unpaired) electrons. The number of hydrogen-bond acceptors (Lipinski definition) is 3. The Balaban J connectivity index is 2.41. The summed E-state index contributed by atoms with van der Waals surface area (Å²) in [7, 11) is 0. The van der Waals surface area contributed by atoms with Crippen LogP contribution in [0.3, 0.4) is 0 Å². The van der Waals surface area contributed by atoms with Crippen molar-refractivity contribution in [2.75, 3.05) is 0 Å². The Morgan fingerprint density at radius 3 is 2.75 bits per heavy atom. The van der Waals surface area contributed by atoms with E-state index in [0.29, 0.717) is 11.4 Å². The van der Waals surface area contributed by atoms with Crippen LogP contribution < -0.4 is 0 Å². The van der Waals surface area contributed by atoms with Crippen molar-refractivity contribution in [2.24, 2.45) is 0 Å². The molecule has 6 heteroatoms. The predicted octanol–water partition coefficient (Wildman–Crippen LogP) is 1.10. The monoisotopic (exact) mass is 220 g/mol. The van der Waals surface area contributed by atoms with Crippen molar-refractivity contribution in [3.05, 3.63) is 29.7 Å². The van der Waals surface area contributed by atoms with Crippen molar-refractivity contribution in [3.63, 3.8) is 0 Å². The molecule has 0 aliphatic carbocycles. The fourth-order valence-electron chi connectivity index (χ4n) is 1.44. The second kappa shape index (κ2) is 3.80. The Bertz CT molecular complexity index is 527. The molecular weight excluding hydrogens is 208 g/mol. The fourth-order valence-corrected chi connectivity index (χ4v) is 1.44. The topological polar surface area (TPSA) is 72.9 Å². The molecule has 0 aliphatic rings. The molecule has 1 N–H and O–H groups in total. The lowest BCUT2D eigenvalue weighted by Crippen LogP contribution is -2.03. The first-order valence-corrected chi connectivity index (χ1v) is 4.95. The quantitative estimate of drug-likeness (QED) is 0.840. The zero-order valence-corrected chi connectivity index (χ0v) is 9.08. The lowest BCUT2D eigenvalue weighted by atomic mass is 10.3. The second-order valence-corrected chi connectivity index (χ2v) is 3.44. The zero-order valence-electron chi connectivity index (χ0n) is 9.08. The molecule has 0 saturated carbocycles. The van der Waals surface area contributed by atoms with E-state index in [-0.39, 0.29) is 5.69 Å². The fraction of sp³-hybridized carbons (Fsp3) is 0.300. The van der Waals surface area contributed by atoms with Gasteiger partial charge in [-0.15, -0.1) is 0 Å². The van der Waals surface area contributed by atoms with E-state index in [2.05, 4.69) is 10.2 Å². The molecule has 16 heavy (non-hydrogen) atoms. The van der Waals surface area contributed by atoms with E-state index >= 15 is 0 Å². The summed E-state index contributed by atoms with van der Waals surface area (Å²) < 4.78 is 3.23. The van der Waals surface area contributed by atoms with E-state index in [4.69, 9.17) is 5.11 Å². The van der Waals surface area contributed by atoms with Crippen LogP contribution in [0.15, 0.2) is 18.5 Å². The summed E-state index contributed by atoms with van der Waals surface area (Å²) in [5.41, 5.74) is 0.685. The van der Waals surface area contributed by atoms with Crippen molar-refractivity contribution < 1.29 is 9.90 Å². The molecule has 0 saturated heterocycles. The van der Waals surface area contributed by atoms with Gasteiger partial charge >= 0.3 is 5.97 Å². The average Bonchev–Trinajstić information content (AvgIpc) is 2.83. The predicted molar refractivity (Wildman–Crippen MR) is 56.7 cm³/mol. The van der Waals surface area contributed by atoms with Crippen molar-refractivity contribution >= 4 is 5.97 Å². The van der Waals surface area contributed by atoms with Crippen LogP contribution >= 0.6 is 0 Å². The van der Waals surface area contributed by atoms with Crippen molar-refractivity contribution in [3.8, 4) is 5.82 Å². The lowest BCUT2D eigenvalue weighted by molar-refractivity contribution is 0.0689. The third-order valence-electron chi connectivity index (χ3n) is 2.29. The van der Waals surface area contributed by atoms with Crippen LogP contribution in [-0.4, -0.2) is 30.6 Å². The number of rotatable bonds is 3. The van der Waals surface area contributed by atoms with E-state index < -0.39 is 5.97 Å². The maximum absolute atomic E-state index is 10.8. The van der Waals surface area contributed by atoms with Crippen molar-refractivity contribution in [1.29, 1.82) is 0 Å². The number of carboxylic acid groups (broad SMARTS) is 1. The zero-order chi connectivity index (χ0) is 11.7. The molecule has 0 bridgehead atoms. The molecule has 0 aromatic carbocycles. The van der Waals surface area contributed by atoms with Crippen LogP contribution in [-0.2, 0) is 6.54 Å². The van der Waals surface area contributed by atoms with Crippen LogP contribution in [0.4, 0.5) is 0 Å². The second-order valence-electron chi connectivity index (χ2n) is 3.44. The van der Waals surface area contributed by atoms with E-state index in [1.807, 2.05) is 13.1 Å². The van der Waals surface area contributed by atoms with E-state index in [0.717, 1.165) is 6.54 Å². The minimum atomic E-state index is -1.02. The van der Waals surface area contributed by atoms with Gasteiger partial charge in [0.15, 0.2) is 11.5 Å². The first-order chi connectivity index (χ1) is 7.61. The first-order valence-electron chi connectivity index (χ1n) is 4.95. The molecule has 2 rings (SSSR count). The normalized spacial score (nSPS) is 10.6. The molecule has 0 aliphatic heterocycles. The van der Waals surface area contributed by atoms with Gasteiger partial charge in [0, 0.05) is 30.6 Å². The highest BCUT2D eigenvalue weighted by Crippen LogP contribution is 2.09. The first kappa shape index (κ1) is 10.4. The SMILES string of the molecule is CCn1ccc(-n2cc(C)c(C(=O)O)n2)n1.